The maximum absolute atomic E-state index is 11.2. The lowest BCUT2D eigenvalue weighted by Crippen LogP contribution is -2.09. The van der Waals surface area contributed by atoms with Crippen LogP contribution in [0.5, 0.6) is 5.75 Å². The Morgan fingerprint density at radius 2 is 2.20 bits per heavy atom. The highest BCUT2D eigenvalue weighted by Crippen LogP contribution is 2.19. The van der Waals surface area contributed by atoms with E-state index in [9.17, 15) is 9.00 Å². The van der Waals surface area contributed by atoms with Crippen molar-refractivity contribution in [3.8, 4) is 5.75 Å². The summed E-state index contributed by atoms with van der Waals surface area (Å²) in [5, 5.41) is 8.41. The third-order valence-electron chi connectivity index (χ3n) is 1.82. The lowest BCUT2D eigenvalue weighted by Gasteiger charge is -2.06. The molecule has 0 aromatic heterocycles. The summed E-state index contributed by atoms with van der Waals surface area (Å²) in [7, 11) is -1.03. The number of aryl methyl sites for hydroxylation is 1. The predicted octanol–water partition coefficient (Wildman–Crippen LogP) is 1.20. The molecule has 1 N–H and O–H groups in total. The lowest BCUT2D eigenvalue weighted by molar-refractivity contribution is -0.139. The van der Waals surface area contributed by atoms with E-state index in [1.807, 2.05) is 6.92 Å². The molecule has 4 nitrogen and oxygen atoms in total. The van der Waals surface area contributed by atoms with Gasteiger partial charge in [-0.2, -0.15) is 0 Å². The SMILES string of the molecule is Cc1cc(OCC(=O)O)ccc1[S@@](C)=O. The highest BCUT2D eigenvalue weighted by atomic mass is 32.2. The van der Waals surface area contributed by atoms with E-state index in [2.05, 4.69) is 0 Å². The van der Waals surface area contributed by atoms with Crippen LogP contribution in [-0.4, -0.2) is 28.1 Å². The first-order chi connectivity index (χ1) is 7.00. The predicted molar refractivity (Wildman–Crippen MR) is 56.6 cm³/mol. The number of carbonyl (C=O) groups is 1. The molecule has 0 heterocycles. The number of rotatable bonds is 4. The fourth-order valence-electron chi connectivity index (χ4n) is 1.18. The van der Waals surface area contributed by atoms with Crippen molar-refractivity contribution < 1.29 is 18.8 Å². The summed E-state index contributed by atoms with van der Waals surface area (Å²) < 4.78 is 16.2. The number of ether oxygens (including phenoxy) is 1. The second-order valence-electron chi connectivity index (χ2n) is 3.06. The molecule has 82 valence electrons. The fraction of sp³-hybridized carbons (Fsp3) is 0.300. The van der Waals surface area contributed by atoms with Crippen LogP contribution in [0.25, 0.3) is 0 Å². The van der Waals surface area contributed by atoms with Crippen molar-refractivity contribution in [1.29, 1.82) is 0 Å². The molecule has 5 heteroatoms. The second kappa shape index (κ2) is 4.93. The first-order valence-electron chi connectivity index (χ1n) is 4.29. The molecular weight excluding hydrogens is 216 g/mol. The number of hydrogen-bond donors (Lipinski definition) is 1. The van der Waals surface area contributed by atoms with E-state index in [4.69, 9.17) is 9.84 Å². The monoisotopic (exact) mass is 228 g/mol. The molecule has 1 aromatic rings. The van der Waals surface area contributed by atoms with Gasteiger partial charge in [0, 0.05) is 11.2 Å². The van der Waals surface area contributed by atoms with Gasteiger partial charge in [-0.3, -0.25) is 4.21 Å². The van der Waals surface area contributed by atoms with Crippen molar-refractivity contribution in [2.45, 2.75) is 11.8 Å². The van der Waals surface area contributed by atoms with Crippen molar-refractivity contribution in [2.75, 3.05) is 12.9 Å². The van der Waals surface area contributed by atoms with Crippen molar-refractivity contribution in [1.82, 2.24) is 0 Å². The molecule has 0 unspecified atom stereocenters. The van der Waals surface area contributed by atoms with Gasteiger partial charge >= 0.3 is 5.97 Å². The van der Waals surface area contributed by atoms with Crippen LogP contribution in [0.3, 0.4) is 0 Å². The Hall–Kier alpha value is -1.36. The average molecular weight is 228 g/mol. The Labute approximate surface area is 90.3 Å². The highest BCUT2D eigenvalue weighted by Gasteiger charge is 2.05. The van der Waals surface area contributed by atoms with Crippen LogP contribution >= 0.6 is 0 Å². The van der Waals surface area contributed by atoms with E-state index in [1.54, 1.807) is 24.5 Å². The van der Waals surface area contributed by atoms with Crippen LogP contribution in [0.4, 0.5) is 0 Å². The van der Waals surface area contributed by atoms with Gasteiger partial charge in [0.05, 0.1) is 10.8 Å². The molecule has 0 bridgehead atoms. The van der Waals surface area contributed by atoms with E-state index in [-0.39, 0.29) is 6.61 Å². The van der Waals surface area contributed by atoms with Gasteiger partial charge in [0.15, 0.2) is 6.61 Å². The van der Waals surface area contributed by atoms with Gasteiger partial charge in [-0.15, -0.1) is 0 Å². The van der Waals surface area contributed by atoms with Crippen molar-refractivity contribution >= 4 is 16.8 Å². The van der Waals surface area contributed by atoms with Gasteiger partial charge < -0.3 is 9.84 Å². The van der Waals surface area contributed by atoms with Gasteiger partial charge in [-0.05, 0) is 30.7 Å². The first-order valence-corrected chi connectivity index (χ1v) is 5.85. The van der Waals surface area contributed by atoms with Gasteiger partial charge in [0.2, 0.25) is 0 Å². The molecule has 0 spiro atoms. The van der Waals surface area contributed by atoms with Crippen LogP contribution < -0.4 is 4.74 Å². The number of hydrogen-bond acceptors (Lipinski definition) is 3. The lowest BCUT2D eigenvalue weighted by atomic mass is 10.2. The maximum Gasteiger partial charge on any atom is 0.341 e. The minimum Gasteiger partial charge on any atom is -0.482 e. The summed E-state index contributed by atoms with van der Waals surface area (Å²) >= 11 is 0. The van der Waals surface area contributed by atoms with Crippen LogP contribution in [-0.2, 0) is 15.6 Å². The zero-order valence-corrected chi connectivity index (χ0v) is 9.34. The molecule has 0 saturated heterocycles. The van der Waals surface area contributed by atoms with Gasteiger partial charge in [-0.25, -0.2) is 4.79 Å². The standard InChI is InChI=1S/C10H12O4S/c1-7-5-8(14-6-10(11)12)3-4-9(7)15(2)13/h3-5H,6H2,1-2H3,(H,11,12)/t15-/m1/s1. The Morgan fingerprint density at radius 1 is 1.53 bits per heavy atom. The van der Waals surface area contributed by atoms with E-state index >= 15 is 0 Å². The third kappa shape index (κ3) is 3.36. The molecule has 1 rings (SSSR count). The molecule has 0 radical (unpaired) electrons. The van der Waals surface area contributed by atoms with E-state index in [0.29, 0.717) is 5.75 Å². The third-order valence-corrected chi connectivity index (χ3v) is 2.90. The summed E-state index contributed by atoms with van der Waals surface area (Å²) in [5.41, 5.74) is 0.832. The number of aliphatic carboxylic acids is 1. The summed E-state index contributed by atoms with van der Waals surface area (Å²) in [6.45, 7) is 1.44. The normalized spacial score (nSPS) is 12.1. The highest BCUT2D eigenvalue weighted by molar-refractivity contribution is 7.84. The minimum absolute atomic E-state index is 0.367. The zero-order chi connectivity index (χ0) is 11.4. The van der Waals surface area contributed by atoms with E-state index < -0.39 is 16.8 Å². The Morgan fingerprint density at radius 3 is 2.67 bits per heavy atom. The van der Waals surface area contributed by atoms with E-state index in [1.165, 1.54) is 0 Å². The van der Waals surface area contributed by atoms with Crippen LogP contribution in [0.2, 0.25) is 0 Å². The Bertz CT molecular complexity index is 400. The second-order valence-corrected chi connectivity index (χ2v) is 4.41. The van der Waals surface area contributed by atoms with E-state index in [0.717, 1.165) is 10.5 Å². The zero-order valence-electron chi connectivity index (χ0n) is 8.52. The molecule has 15 heavy (non-hydrogen) atoms. The van der Waals surface area contributed by atoms with Gasteiger partial charge in [-0.1, -0.05) is 0 Å². The van der Waals surface area contributed by atoms with Crippen LogP contribution in [0.1, 0.15) is 5.56 Å². The average Bonchev–Trinajstić information content (AvgIpc) is 2.14. The first kappa shape index (κ1) is 11.7. The van der Waals surface area contributed by atoms with Crippen LogP contribution in [0, 0.1) is 6.92 Å². The number of carboxylic acids is 1. The quantitative estimate of drug-likeness (QED) is 0.841. The topological polar surface area (TPSA) is 63.6 Å². The van der Waals surface area contributed by atoms with Crippen molar-refractivity contribution in [3.05, 3.63) is 23.8 Å². The molecule has 1 atom stereocenters. The molecule has 0 amide bonds. The summed E-state index contributed by atoms with van der Waals surface area (Å²) in [6.07, 6.45) is 1.60. The Kier molecular flexibility index (Phi) is 3.85. The fourth-order valence-corrected chi connectivity index (χ4v) is 1.95. The molecule has 1 aromatic carbocycles. The number of benzene rings is 1. The van der Waals surface area contributed by atoms with Gasteiger partial charge in [0.1, 0.15) is 5.75 Å². The minimum atomic E-state index is -1.03. The summed E-state index contributed by atoms with van der Waals surface area (Å²) in [5.74, 6) is -0.542. The molecular formula is C10H12O4S. The smallest absolute Gasteiger partial charge is 0.341 e. The molecule has 0 aliphatic heterocycles. The molecule has 0 fully saturated rings. The maximum atomic E-state index is 11.2. The molecule has 0 aliphatic carbocycles. The largest absolute Gasteiger partial charge is 0.482 e. The summed E-state index contributed by atoms with van der Waals surface area (Å²) in [6, 6.07) is 4.98. The molecule has 0 aliphatic rings. The van der Waals surface area contributed by atoms with Crippen LogP contribution in [0.15, 0.2) is 23.1 Å². The van der Waals surface area contributed by atoms with Crippen molar-refractivity contribution in [3.63, 3.8) is 0 Å². The Balaban J connectivity index is 2.82. The number of carboxylic acid groups (broad SMARTS) is 1. The van der Waals surface area contributed by atoms with Crippen molar-refractivity contribution in [2.24, 2.45) is 0 Å². The van der Waals surface area contributed by atoms with Gasteiger partial charge in [0.25, 0.3) is 0 Å². The summed E-state index contributed by atoms with van der Waals surface area (Å²) in [4.78, 5) is 11.0. The molecule has 0 saturated carbocycles.